The summed E-state index contributed by atoms with van der Waals surface area (Å²) in [6.07, 6.45) is 2.83. The normalized spacial score (nSPS) is 23.3. The number of phenolic OH excluding ortho intramolecular Hbond substituents is 1. The van der Waals surface area contributed by atoms with Gasteiger partial charge in [0.25, 0.3) is 0 Å². The van der Waals surface area contributed by atoms with E-state index in [1.807, 2.05) is 6.07 Å². The number of benzene rings is 2. The summed E-state index contributed by atoms with van der Waals surface area (Å²) in [5.41, 5.74) is 7.66. The maximum absolute atomic E-state index is 15.1. The van der Waals surface area contributed by atoms with Gasteiger partial charge in [0.2, 0.25) is 0 Å². The van der Waals surface area contributed by atoms with Gasteiger partial charge in [-0.15, -0.1) is 0 Å². The summed E-state index contributed by atoms with van der Waals surface area (Å²) < 4.78 is 32.2. The van der Waals surface area contributed by atoms with Crippen LogP contribution in [-0.2, 0) is 15.0 Å². The van der Waals surface area contributed by atoms with Gasteiger partial charge >= 0.3 is 0 Å². The van der Waals surface area contributed by atoms with Crippen LogP contribution in [-0.4, -0.2) is 37.4 Å². The molecule has 0 fully saturated rings. The number of hydrogen-bond donors (Lipinski definition) is 2. The van der Waals surface area contributed by atoms with E-state index in [2.05, 4.69) is 11.1 Å². The highest BCUT2D eigenvalue weighted by Gasteiger charge is 2.46. The van der Waals surface area contributed by atoms with Crippen LogP contribution in [0.25, 0.3) is 5.57 Å². The van der Waals surface area contributed by atoms with Crippen LogP contribution in [0.3, 0.4) is 0 Å². The molecular weight excluding hydrogens is 363 g/mol. The maximum atomic E-state index is 15.1. The monoisotopic (exact) mass is 382 g/mol. The summed E-state index contributed by atoms with van der Waals surface area (Å²) >= 11 is 0. The van der Waals surface area contributed by atoms with Crippen molar-refractivity contribution >= 4 is 11.4 Å². The average molecular weight is 382 g/mol. The van der Waals surface area contributed by atoms with Crippen LogP contribution in [0.4, 0.5) is 4.39 Å². The standard InChI is InChI=1S/C21H19FN2O4/c22-17-7-13(12-2-1-5-26-9-12)6-16-20(17)28-18-4-3-14(25)8-15(18)21(16)11-27-10-19(23)24-21/h2-4,6-8,25H,1,5,9-11H2,(H2,23,24)/t21-/m0/s1. The van der Waals surface area contributed by atoms with Gasteiger partial charge in [-0.1, -0.05) is 6.08 Å². The summed E-state index contributed by atoms with van der Waals surface area (Å²) in [6, 6.07) is 7.97. The Balaban J connectivity index is 1.77. The molecule has 7 heteroatoms. The molecule has 0 aromatic heterocycles. The molecule has 0 aliphatic carbocycles. The summed E-state index contributed by atoms with van der Waals surface area (Å²) in [7, 11) is 0. The lowest BCUT2D eigenvalue weighted by molar-refractivity contribution is 0.109. The van der Waals surface area contributed by atoms with Gasteiger partial charge in [0.15, 0.2) is 11.6 Å². The number of phenols is 1. The summed E-state index contributed by atoms with van der Waals surface area (Å²) in [5, 5.41) is 10.1. The van der Waals surface area contributed by atoms with Crippen LogP contribution in [0.5, 0.6) is 17.2 Å². The Morgan fingerprint density at radius 1 is 1.11 bits per heavy atom. The molecule has 0 amide bonds. The van der Waals surface area contributed by atoms with Crippen molar-refractivity contribution in [3.63, 3.8) is 0 Å². The number of aliphatic imine (C=N–C) groups is 1. The number of hydrogen-bond acceptors (Lipinski definition) is 6. The van der Waals surface area contributed by atoms with E-state index in [4.69, 9.17) is 19.9 Å². The van der Waals surface area contributed by atoms with E-state index in [9.17, 15) is 5.11 Å². The average Bonchev–Trinajstić information content (AvgIpc) is 2.70. The number of nitrogens with two attached hydrogens (primary N) is 1. The third-order valence-electron chi connectivity index (χ3n) is 5.29. The quantitative estimate of drug-likeness (QED) is 0.792. The SMILES string of the molecule is NC1=N[C@@]2(COC1)c1cc(O)ccc1Oc1c(F)cc(C3=CCCOC3)cc12. The zero-order chi connectivity index (χ0) is 19.3. The highest BCUT2D eigenvalue weighted by molar-refractivity contribution is 5.84. The topological polar surface area (TPSA) is 86.3 Å². The largest absolute Gasteiger partial charge is 0.508 e. The lowest BCUT2D eigenvalue weighted by Crippen LogP contribution is -2.42. The lowest BCUT2D eigenvalue weighted by atomic mass is 9.79. The molecule has 2 aromatic rings. The fraction of sp³-hybridized carbons (Fsp3) is 0.286. The van der Waals surface area contributed by atoms with Crippen LogP contribution in [0, 0.1) is 5.82 Å². The van der Waals surface area contributed by atoms with Gasteiger partial charge in [0.05, 0.1) is 19.8 Å². The Hall–Kier alpha value is -2.90. The maximum Gasteiger partial charge on any atom is 0.169 e. The molecule has 3 aliphatic heterocycles. The predicted molar refractivity (Wildman–Crippen MR) is 101 cm³/mol. The van der Waals surface area contributed by atoms with E-state index in [1.54, 1.807) is 12.1 Å². The van der Waals surface area contributed by atoms with Gasteiger partial charge in [-0.2, -0.15) is 0 Å². The molecule has 28 heavy (non-hydrogen) atoms. The van der Waals surface area contributed by atoms with E-state index in [0.29, 0.717) is 41.5 Å². The van der Waals surface area contributed by atoms with Crippen molar-refractivity contribution in [1.29, 1.82) is 0 Å². The van der Waals surface area contributed by atoms with Crippen LogP contribution in [0.15, 0.2) is 41.4 Å². The third kappa shape index (κ3) is 2.58. The van der Waals surface area contributed by atoms with E-state index in [0.717, 1.165) is 12.0 Å². The molecule has 3 N–H and O–H groups in total. The zero-order valence-electron chi connectivity index (χ0n) is 15.1. The van der Waals surface area contributed by atoms with Crippen LogP contribution in [0.1, 0.15) is 23.1 Å². The molecule has 5 rings (SSSR count). The van der Waals surface area contributed by atoms with Crippen molar-refractivity contribution in [3.05, 3.63) is 58.9 Å². The molecule has 3 heterocycles. The lowest BCUT2D eigenvalue weighted by Gasteiger charge is -2.39. The van der Waals surface area contributed by atoms with E-state index in [-0.39, 0.29) is 24.7 Å². The van der Waals surface area contributed by atoms with E-state index >= 15 is 4.39 Å². The molecule has 144 valence electrons. The van der Waals surface area contributed by atoms with Crippen molar-refractivity contribution < 1.29 is 23.7 Å². The Morgan fingerprint density at radius 3 is 2.79 bits per heavy atom. The summed E-state index contributed by atoms with van der Waals surface area (Å²) in [6.45, 7) is 1.45. The van der Waals surface area contributed by atoms with Gasteiger partial charge in [0, 0.05) is 11.1 Å². The number of rotatable bonds is 1. The summed E-state index contributed by atoms with van der Waals surface area (Å²) in [5.74, 6) is 0.390. The summed E-state index contributed by atoms with van der Waals surface area (Å²) in [4.78, 5) is 4.69. The molecule has 3 aliphatic rings. The van der Waals surface area contributed by atoms with Gasteiger partial charge < -0.3 is 25.1 Å². The van der Waals surface area contributed by atoms with Crippen molar-refractivity contribution in [2.75, 3.05) is 26.4 Å². The number of ether oxygens (including phenoxy) is 3. The molecule has 1 spiro atoms. The Bertz CT molecular complexity index is 1030. The minimum absolute atomic E-state index is 0.0598. The Kier molecular flexibility index (Phi) is 3.89. The second kappa shape index (κ2) is 6.32. The highest BCUT2D eigenvalue weighted by Crippen LogP contribution is 2.52. The van der Waals surface area contributed by atoms with Crippen LogP contribution in [0.2, 0.25) is 0 Å². The first kappa shape index (κ1) is 17.2. The van der Waals surface area contributed by atoms with Crippen LogP contribution >= 0.6 is 0 Å². The van der Waals surface area contributed by atoms with Crippen molar-refractivity contribution in [2.45, 2.75) is 12.0 Å². The molecule has 0 saturated heterocycles. The molecule has 0 bridgehead atoms. The van der Waals surface area contributed by atoms with Crippen LogP contribution < -0.4 is 10.5 Å². The molecule has 6 nitrogen and oxygen atoms in total. The van der Waals surface area contributed by atoms with Crippen molar-refractivity contribution in [3.8, 4) is 17.2 Å². The highest BCUT2D eigenvalue weighted by atomic mass is 19.1. The minimum atomic E-state index is -1.09. The third-order valence-corrected chi connectivity index (χ3v) is 5.29. The van der Waals surface area contributed by atoms with E-state index in [1.165, 1.54) is 12.1 Å². The zero-order valence-corrected chi connectivity index (χ0v) is 15.1. The predicted octanol–water partition coefficient (Wildman–Crippen LogP) is 3.07. The fourth-order valence-electron chi connectivity index (χ4n) is 4.02. The molecule has 0 unspecified atom stereocenters. The molecule has 0 radical (unpaired) electrons. The number of nitrogens with zero attached hydrogens (tertiary/aromatic N) is 1. The minimum Gasteiger partial charge on any atom is -0.508 e. The van der Waals surface area contributed by atoms with Gasteiger partial charge in [-0.05, 0) is 47.9 Å². The first-order chi connectivity index (χ1) is 13.6. The molecular formula is C21H19FN2O4. The van der Waals surface area contributed by atoms with Gasteiger partial charge in [-0.25, -0.2) is 4.39 Å². The number of aromatic hydroxyl groups is 1. The fourth-order valence-corrected chi connectivity index (χ4v) is 4.02. The Labute approximate surface area is 161 Å². The smallest absolute Gasteiger partial charge is 0.169 e. The van der Waals surface area contributed by atoms with E-state index < -0.39 is 11.4 Å². The van der Waals surface area contributed by atoms with Crippen molar-refractivity contribution in [2.24, 2.45) is 10.7 Å². The number of amidine groups is 1. The molecule has 1 atom stereocenters. The Morgan fingerprint density at radius 2 is 2.00 bits per heavy atom. The second-order valence-corrected chi connectivity index (χ2v) is 7.14. The van der Waals surface area contributed by atoms with Crippen molar-refractivity contribution in [1.82, 2.24) is 0 Å². The first-order valence-corrected chi connectivity index (χ1v) is 9.11. The van der Waals surface area contributed by atoms with Gasteiger partial charge in [-0.3, -0.25) is 4.99 Å². The molecule has 0 saturated carbocycles. The number of fused-ring (bicyclic) bond motifs is 4. The van der Waals surface area contributed by atoms with Gasteiger partial charge in [0.1, 0.15) is 29.5 Å². The second-order valence-electron chi connectivity index (χ2n) is 7.14. The number of halogens is 1. The first-order valence-electron chi connectivity index (χ1n) is 9.11. The molecule has 2 aromatic carbocycles.